The highest BCUT2D eigenvalue weighted by molar-refractivity contribution is 6.04. The SMILES string of the molecule is C=C1[C@H](COCc2ccccc2)[C@@H](OCc2ccccc2)C[C@@H]1n1cc(C)c(NC(=O)c2ccccc2)nc1=O. The molecule has 0 aliphatic heterocycles. The number of carbonyl (C=O) groups excluding carboxylic acids is 1. The molecule has 0 radical (unpaired) electrons. The second-order valence-electron chi connectivity index (χ2n) is 10.1. The van der Waals surface area contributed by atoms with Crippen LogP contribution in [-0.2, 0) is 22.7 Å². The van der Waals surface area contributed by atoms with Gasteiger partial charge in [0.15, 0.2) is 0 Å². The van der Waals surface area contributed by atoms with Crippen LogP contribution in [0.3, 0.4) is 0 Å². The maximum atomic E-state index is 13.2. The lowest BCUT2D eigenvalue weighted by molar-refractivity contribution is -0.0122. The van der Waals surface area contributed by atoms with Crippen molar-refractivity contribution in [3.63, 3.8) is 0 Å². The van der Waals surface area contributed by atoms with E-state index in [1.165, 1.54) is 0 Å². The van der Waals surface area contributed by atoms with E-state index in [4.69, 9.17) is 9.47 Å². The van der Waals surface area contributed by atoms with E-state index in [0.29, 0.717) is 37.4 Å². The molecule has 1 aliphatic carbocycles. The molecule has 1 aliphatic rings. The summed E-state index contributed by atoms with van der Waals surface area (Å²) in [5, 5.41) is 2.77. The number of carbonyl (C=O) groups is 1. The van der Waals surface area contributed by atoms with Crippen LogP contribution in [0.2, 0.25) is 0 Å². The molecule has 1 amide bonds. The van der Waals surface area contributed by atoms with Crippen molar-refractivity contribution in [2.75, 3.05) is 11.9 Å². The van der Waals surface area contributed by atoms with Gasteiger partial charge in [-0.05, 0) is 42.2 Å². The first-order chi connectivity index (χ1) is 19.5. The van der Waals surface area contributed by atoms with Crippen LogP contribution in [0.4, 0.5) is 5.82 Å². The van der Waals surface area contributed by atoms with Crippen LogP contribution in [0.5, 0.6) is 0 Å². The van der Waals surface area contributed by atoms with Gasteiger partial charge in [-0.1, -0.05) is 85.4 Å². The summed E-state index contributed by atoms with van der Waals surface area (Å²) in [4.78, 5) is 30.1. The number of nitrogens with one attached hydrogen (secondary N) is 1. The molecule has 0 unspecified atom stereocenters. The highest BCUT2D eigenvalue weighted by atomic mass is 16.5. The van der Waals surface area contributed by atoms with E-state index in [-0.39, 0.29) is 29.8 Å². The molecule has 7 heteroatoms. The normalized spacial score (nSPS) is 18.5. The highest BCUT2D eigenvalue weighted by Gasteiger charge is 2.40. The summed E-state index contributed by atoms with van der Waals surface area (Å²) < 4.78 is 14.1. The number of aromatic nitrogens is 2. The summed E-state index contributed by atoms with van der Waals surface area (Å²) in [6.07, 6.45) is 2.13. The molecule has 1 N–H and O–H groups in total. The number of amides is 1. The molecule has 1 aromatic heterocycles. The maximum Gasteiger partial charge on any atom is 0.350 e. The van der Waals surface area contributed by atoms with Crippen molar-refractivity contribution in [2.24, 2.45) is 5.92 Å². The molecule has 0 saturated heterocycles. The minimum Gasteiger partial charge on any atom is -0.376 e. The number of aryl methyl sites for hydroxylation is 1. The first-order valence-electron chi connectivity index (χ1n) is 13.4. The Hall–Kier alpha value is -4.33. The number of benzene rings is 3. The van der Waals surface area contributed by atoms with E-state index >= 15 is 0 Å². The molecule has 5 rings (SSSR count). The Bertz CT molecular complexity index is 1500. The third kappa shape index (κ3) is 6.45. The minimum absolute atomic E-state index is 0.0953. The number of ether oxygens (including phenoxy) is 2. The third-order valence-corrected chi connectivity index (χ3v) is 7.26. The van der Waals surface area contributed by atoms with Crippen molar-refractivity contribution >= 4 is 11.7 Å². The average Bonchev–Trinajstić information content (AvgIpc) is 3.29. The summed E-state index contributed by atoms with van der Waals surface area (Å²) in [6.45, 7) is 7.58. The summed E-state index contributed by atoms with van der Waals surface area (Å²) >= 11 is 0. The summed E-state index contributed by atoms with van der Waals surface area (Å²) in [5.74, 6) is -0.163. The Balaban J connectivity index is 1.33. The van der Waals surface area contributed by atoms with Crippen LogP contribution in [0, 0.1) is 12.8 Å². The van der Waals surface area contributed by atoms with E-state index in [9.17, 15) is 9.59 Å². The van der Waals surface area contributed by atoms with E-state index in [2.05, 4.69) is 16.9 Å². The zero-order chi connectivity index (χ0) is 27.9. The average molecular weight is 536 g/mol. The molecular weight excluding hydrogens is 502 g/mol. The number of rotatable bonds is 10. The highest BCUT2D eigenvalue weighted by Crippen LogP contribution is 2.41. The molecule has 1 heterocycles. The molecular formula is C33H33N3O4. The van der Waals surface area contributed by atoms with Gasteiger partial charge in [-0.3, -0.25) is 9.36 Å². The Labute approximate surface area is 234 Å². The zero-order valence-corrected chi connectivity index (χ0v) is 22.5. The number of nitrogens with zero attached hydrogens (tertiary/aromatic N) is 2. The second kappa shape index (κ2) is 12.7. The molecule has 40 heavy (non-hydrogen) atoms. The van der Waals surface area contributed by atoms with Crippen molar-refractivity contribution < 1.29 is 14.3 Å². The lowest BCUT2D eigenvalue weighted by atomic mass is 10.0. The first kappa shape index (κ1) is 27.2. The van der Waals surface area contributed by atoms with Crippen LogP contribution in [0.25, 0.3) is 0 Å². The quantitative estimate of drug-likeness (QED) is 0.263. The number of hydrogen-bond donors (Lipinski definition) is 1. The summed E-state index contributed by atoms with van der Waals surface area (Å²) in [6, 6.07) is 28.6. The predicted octanol–water partition coefficient (Wildman–Crippen LogP) is 5.72. The van der Waals surface area contributed by atoms with Gasteiger partial charge >= 0.3 is 5.69 Å². The monoisotopic (exact) mass is 535 g/mol. The predicted molar refractivity (Wildman–Crippen MR) is 155 cm³/mol. The molecule has 7 nitrogen and oxygen atoms in total. The third-order valence-electron chi connectivity index (χ3n) is 7.26. The van der Waals surface area contributed by atoms with Gasteiger partial charge in [0.2, 0.25) is 0 Å². The van der Waals surface area contributed by atoms with Crippen molar-refractivity contribution in [3.05, 3.63) is 142 Å². The Kier molecular flexibility index (Phi) is 8.64. The fourth-order valence-electron chi connectivity index (χ4n) is 5.05. The van der Waals surface area contributed by atoms with E-state index in [0.717, 1.165) is 16.7 Å². The van der Waals surface area contributed by atoms with Gasteiger partial charge in [0.1, 0.15) is 5.82 Å². The molecule has 4 aromatic rings. The largest absolute Gasteiger partial charge is 0.376 e. The topological polar surface area (TPSA) is 82.4 Å². The van der Waals surface area contributed by atoms with Gasteiger partial charge < -0.3 is 14.8 Å². The molecule has 1 saturated carbocycles. The molecule has 3 atom stereocenters. The van der Waals surface area contributed by atoms with E-state index < -0.39 is 5.69 Å². The van der Waals surface area contributed by atoms with Gasteiger partial charge in [0.25, 0.3) is 5.91 Å². The Morgan fingerprint density at radius 3 is 2.20 bits per heavy atom. The fourth-order valence-corrected chi connectivity index (χ4v) is 5.05. The first-order valence-corrected chi connectivity index (χ1v) is 13.4. The Morgan fingerprint density at radius 1 is 0.950 bits per heavy atom. The van der Waals surface area contributed by atoms with Crippen molar-refractivity contribution in [1.29, 1.82) is 0 Å². The summed E-state index contributed by atoms with van der Waals surface area (Å²) in [7, 11) is 0. The van der Waals surface area contributed by atoms with Gasteiger partial charge in [-0.15, -0.1) is 0 Å². The standard InChI is InChI=1S/C33H33N3O4/c1-23-19-36(33(38)35-31(23)34-32(37)27-16-10-5-11-17-27)29-18-30(40-21-26-14-8-4-9-15-26)28(24(29)2)22-39-20-25-12-6-3-7-13-25/h3-17,19,28-30H,2,18,20-22H2,1H3,(H,34,35,37,38)/t28-,29-,30-/m0/s1. The smallest absolute Gasteiger partial charge is 0.350 e. The fraction of sp³-hybridized carbons (Fsp3) is 0.242. The minimum atomic E-state index is -0.451. The number of hydrogen-bond acceptors (Lipinski definition) is 5. The molecule has 0 bridgehead atoms. The van der Waals surface area contributed by atoms with Gasteiger partial charge in [0, 0.05) is 23.2 Å². The van der Waals surface area contributed by atoms with Crippen molar-refractivity contribution in [1.82, 2.24) is 9.55 Å². The molecule has 1 fully saturated rings. The van der Waals surface area contributed by atoms with Crippen LogP contribution < -0.4 is 11.0 Å². The molecule has 204 valence electrons. The van der Waals surface area contributed by atoms with E-state index in [1.54, 1.807) is 35.0 Å². The van der Waals surface area contributed by atoms with Crippen LogP contribution in [0.15, 0.2) is 114 Å². The van der Waals surface area contributed by atoms with Gasteiger partial charge in [-0.2, -0.15) is 4.98 Å². The molecule has 0 spiro atoms. The lowest BCUT2D eigenvalue weighted by Gasteiger charge is -2.21. The van der Waals surface area contributed by atoms with Gasteiger partial charge in [-0.25, -0.2) is 4.79 Å². The van der Waals surface area contributed by atoms with Crippen LogP contribution in [0.1, 0.15) is 39.5 Å². The lowest BCUT2D eigenvalue weighted by Crippen LogP contribution is -2.29. The molecule has 3 aromatic carbocycles. The number of anilines is 1. The van der Waals surface area contributed by atoms with Crippen LogP contribution >= 0.6 is 0 Å². The Morgan fingerprint density at radius 2 is 1.55 bits per heavy atom. The van der Waals surface area contributed by atoms with Crippen molar-refractivity contribution in [3.8, 4) is 0 Å². The van der Waals surface area contributed by atoms with E-state index in [1.807, 2.05) is 73.7 Å². The zero-order valence-electron chi connectivity index (χ0n) is 22.5. The summed E-state index contributed by atoms with van der Waals surface area (Å²) in [5.41, 5.74) is 3.77. The van der Waals surface area contributed by atoms with Crippen LogP contribution in [-0.4, -0.2) is 28.2 Å². The van der Waals surface area contributed by atoms with Gasteiger partial charge in [0.05, 0.1) is 32.0 Å². The van der Waals surface area contributed by atoms with Crippen molar-refractivity contribution in [2.45, 2.75) is 38.7 Å². The maximum absolute atomic E-state index is 13.2. The second-order valence-corrected chi connectivity index (χ2v) is 10.1.